The predicted octanol–water partition coefficient (Wildman–Crippen LogP) is 13.5. The fourth-order valence-corrected chi connectivity index (χ4v) is 7.32. The first-order valence-corrected chi connectivity index (χ1v) is 17.4. The van der Waals surface area contributed by atoms with E-state index < -0.39 is 0 Å². The molecule has 0 bridgehead atoms. The minimum absolute atomic E-state index is 0.872. The maximum Gasteiger partial charge on any atom is 0.137 e. The van der Waals surface area contributed by atoms with Gasteiger partial charge in [-0.2, -0.15) is 0 Å². The summed E-state index contributed by atoms with van der Waals surface area (Å²) in [6.45, 7) is 0. The summed E-state index contributed by atoms with van der Waals surface area (Å²) in [5.74, 6) is 0.872. The molecule has 9 rings (SSSR count). The van der Waals surface area contributed by atoms with Crippen molar-refractivity contribution in [1.29, 1.82) is 0 Å². The molecule has 0 spiro atoms. The van der Waals surface area contributed by atoms with Crippen molar-refractivity contribution in [3.63, 3.8) is 0 Å². The van der Waals surface area contributed by atoms with Crippen LogP contribution in [0, 0.1) is 0 Å². The Bertz CT molecular complexity index is 2520. The Morgan fingerprint density at radius 1 is 0.275 bits per heavy atom. The van der Waals surface area contributed by atoms with Crippen molar-refractivity contribution < 1.29 is 0 Å². The standard InChI is InChI=1S/C49H34N2/c1-3-13-35(14-4-1)37-22-24-39(25-23-37)48-43-17-7-9-19-45(43)49(46-20-10-8-18-44(46)48)40-28-32-42(33-29-40)51(47-21-11-12-34-50-47)41-30-26-38(27-31-41)36-15-5-2-6-16-36/h1-34H. The van der Waals surface area contributed by atoms with Crippen LogP contribution < -0.4 is 4.90 Å². The molecule has 0 radical (unpaired) electrons. The van der Waals surface area contributed by atoms with E-state index >= 15 is 0 Å². The van der Waals surface area contributed by atoms with Crippen LogP contribution in [0.5, 0.6) is 0 Å². The quantitative estimate of drug-likeness (QED) is 0.160. The van der Waals surface area contributed by atoms with Gasteiger partial charge in [0, 0.05) is 17.6 Å². The van der Waals surface area contributed by atoms with Gasteiger partial charge in [-0.05, 0) is 102 Å². The Balaban J connectivity index is 1.15. The lowest BCUT2D eigenvalue weighted by atomic mass is 9.85. The first-order valence-electron chi connectivity index (χ1n) is 17.4. The molecular weight excluding hydrogens is 617 g/mol. The number of nitrogens with zero attached hydrogens (tertiary/aromatic N) is 2. The molecule has 9 aromatic rings. The second kappa shape index (κ2) is 13.3. The van der Waals surface area contributed by atoms with Crippen LogP contribution in [0.15, 0.2) is 206 Å². The molecule has 1 aromatic heterocycles. The van der Waals surface area contributed by atoms with E-state index in [0.717, 1.165) is 17.2 Å². The highest BCUT2D eigenvalue weighted by Crippen LogP contribution is 2.44. The maximum absolute atomic E-state index is 4.76. The highest BCUT2D eigenvalue weighted by Gasteiger charge is 2.18. The van der Waals surface area contributed by atoms with E-state index in [0.29, 0.717) is 0 Å². The van der Waals surface area contributed by atoms with E-state index in [2.05, 4.69) is 193 Å². The Hall–Kier alpha value is -6.77. The molecule has 0 saturated heterocycles. The minimum atomic E-state index is 0.872. The molecule has 2 nitrogen and oxygen atoms in total. The highest BCUT2D eigenvalue weighted by molar-refractivity contribution is 6.21. The monoisotopic (exact) mass is 650 g/mol. The molecule has 1 heterocycles. The van der Waals surface area contributed by atoms with E-state index in [1.165, 1.54) is 66.1 Å². The zero-order chi connectivity index (χ0) is 34.0. The summed E-state index contributed by atoms with van der Waals surface area (Å²) in [7, 11) is 0. The zero-order valence-corrected chi connectivity index (χ0v) is 28.0. The average molecular weight is 651 g/mol. The molecule has 0 aliphatic heterocycles. The van der Waals surface area contributed by atoms with Gasteiger partial charge in [0.15, 0.2) is 0 Å². The zero-order valence-electron chi connectivity index (χ0n) is 28.0. The van der Waals surface area contributed by atoms with Crippen LogP contribution in [0.2, 0.25) is 0 Å². The lowest BCUT2D eigenvalue weighted by Gasteiger charge is -2.25. The number of anilines is 3. The molecule has 0 aliphatic rings. The number of aromatic nitrogens is 1. The van der Waals surface area contributed by atoms with Gasteiger partial charge < -0.3 is 0 Å². The molecule has 0 atom stereocenters. The molecule has 240 valence electrons. The molecular formula is C49H34N2. The molecule has 51 heavy (non-hydrogen) atoms. The van der Waals surface area contributed by atoms with Crippen molar-refractivity contribution in [3.05, 3.63) is 206 Å². The Kier molecular flexibility index (Phi) is 7.88. The Morgan fingerprint density at radius 3 is 1.02 bits per heavy atom. The van der Waals surface area contributed by atoms with Crippen LogP contribution in [-0.2, 0) is 0 Å². The Morgan fingerprint density at radius 2 is 0.608 bits per heavy atom. The first kappa shape index (κ1) is 30.3. The van der Waals surface area contributed by atoms with Crippen molar-refractivity contribution in [2.24, 2.45) is 0 Å². The third-order valence-corrected chi connectivity index (χ3v) is 9.74. The normalized spacial score (nSPS) is 11.1. The molecule has 0 unspecified atom stereocenters. The van der Waals surface area contributed by atoms with E-state index in [-0.39, 0.29) is 0 Å². The van der Waals surface area contributed by atoms with Crippen molar-refractivity contribution in [1.82, 2.24) is 4.98 Å². The number of benzene rings is 8. The molecule has 0 aliphatic carbocycles. The topological polar surface area (TPSA) is 16.1 Å². The molecule has 2 heteroatoms. The van der Waals surface area contributed by atoms with Crippen LogP contribution in [0.25, 0.3) is 66.1 Å². The number of pyridine rings is 1. The summed E-state index contributed by atoms with van der Waals surface area (Å²) in [4.78, 5) is 6.98. The van der Waals surface area contributed by atoms with Gasteiger partial charge in [0.05, 0.1) is 0 Å². The number of hydrogen-bond acceptors (Lipinski definition) is 2. The van der Waals surface area contributed by atoms with E-state index in [1.54, 1.807) is 0 Å². The second-order valence-corrected chi connectivity index (χ2v) is 12.8. The second-order valence-electron chi connectivity index (χ2n) is 12.8. The summed E-state index contributed by atoms with van der Waals surface area (Å²) in [5.41, 5.74) is 11.8. The van der Waals surface area contributed by atoms with Gasteiger partial charge in [-0.15, -0.1) is 0 Å². The van der Waals surface area contributed by atoms with Gasteiger partial charge in [0.2, 0.25) is 0 Å². The summed E-state index contributed by atoms with van der Waals surface area (Å²) >= 11 is 0. The summed E-state index contributed by atoms with van der Waals surface area (Å²) < 4.78 is 0. The third kappa shape index (κ3) is 5.73. The van der Waals surface area contributed by atoms with Crippen molar-refractivity contribution in [2.75, 3.05) is 4.90 Å². The Labute approximate surface area is 298 Å². The van der Waals surface area contributed by atoms with Crippen LogP contribution in [-0.4, -0.2) is 4.98 Å². The number of fused-ring (bicyclic) bond motifs is 2. The fourth-order valence-electron chi connectivity index (χ4n) is 7.32. The van der Waals surface area contributed by atoms with E-state index in [1.807, 2.05) is 18.3 Å². The lowest BCUT2D eigenvalue weighted by Crippen LogP contribution is -2.11. The van der Waals surface area contributed by atoms with Crippen LogP contribution in [0.1, 0.15) is 0 Å². The SMILES string of the molecule is c1ccc(-c2ccc(-c3c4ccccc4c(-c4ccc(N(c5ccc(-c6ccccc6)cc5)c5ccccn5)cc4)c4ccccc34)cc2)cc1. The van der Waals surface area contributed by atoms with Gasteiger partial charge in [-0.3, -0.25) is 4.90 Å². The fraction of sp³-hybridized carbons (Fsp3) is 0. The van der Waals surface area contributed by atoms with Crippen molar-refractivity contribution >= 4 is 38.7 Å². The third-order valence-electron chi connectivity index (χ3n) is 9.74. The van der Waals surface area contributed by atoms with Gasteiger partial charge in [-0.1, -0.05) is 164 Å². The summed E-state index contributed by atoms with van der Waals surface area (Å²) in [5, 5.41) is 4.97. The van der Waals surface area contributed by atoms with Gasteiger partial charge >= 0.3 is 0 Å². The van der Waals surface area contributed by atoms with E-state index in [9.17, 15) is 0 Å². The van der Waals surface area contributed by atoms with Crippen LogP contribution >= 0.6 is 0 Å². The predicted molar refractivity (Wildman–Crippen MR) is 216 cm³/mol. The molecule has 0 saturated carbocycles. The lowest BCUT2D eigenvalue weighted by molar-refractivity contribution is 1.18. The number of hydrogen-bond donors (Lipinski definition) is 0. The van der Waals surface area contributed by atoms with Crippen molar-refractivity contribution in [2.45, 2.75) is 0 Å². The molecule has 8 aromatic carbocycles. The minimum Gasteiger partial charge on any atom is -0.295 e. The average Bonchev–Trinajstić information content (AvgIpc) is 3.22. The maximum atomic E-state index is 4.76. The van der Waals surface area contributed by atoms with Crippen molar-refractivity contribution in [3.8, 4) is 44.5 Å². The van der Waals surface area contributed by atoms with Crippen LogP contribution in [0.3, 0.4) is 0 Å². The summed E-state index contributed by atoms with van der Waals surface area (Å²) in [6.07, 6.45) is 1.85. The molecule has 0 N–H and O–H groups in total. The highest BCUT2D eigenvalue weighted by atomic mass is 15.2. The smallest absolute Gasteiger partial charge is 0.137 e. The van der Waals surface area contributed by atoms with Crippen LogP contribution in [0.4, 0.5) is 17.2 Å². The largest absolute Gasteiger partial charge is 0.295 e. The van der Waals surface area contributed by atoms with Gasteiger partial charge in [-0.25, -0.2) is 4.98 Å². The number of rotatable bonds is 7. The molecule has 0 fully saturated rings. The molecule has 0 amide bonds. The van der Waals surface area contributed by atoms with Gasteiger partial charge in [0.25, 0.3) is 0 Å². The van der Waals surface area contributed by atoms with E-state index in [4.69, 9.17) is 4.98 Å². The summed E-state index contributed by atoms with van der Waals surface area (Å²) in [6, 6.07) is 71.5. The first-order chi connectivity index (χ1) is 25.3. The van der Waals surface area contributed by atoms with Gasteiger partial charge in [0.1, 0.15) is 5.82 Å².